The van der Waals surface area contributed by atoms with Gasteiger partial charge in [0.25, 0.3) is 0 Å². The van der Waals surface area contributed by atoms with E-state index in [1.807, 2.05) is 0 Å². The Kier molecular flexibility index (Phi) is 7.55. The summed E-state index contributed by atoms with van der Waals surface area (Å²) in [7, 11) is 0. The molecule has 0 spiro atoms. The number of hydrogen-bond acceptors (Lipinski definition) is 0. The van der Waals surface area contributed by atoms with Gasteiger partial charge < -0.3 is 0 Å². The van der Waals surface area contributed by atoms with Gasteiger partial charge in [0, 0.05) is 24.0 Å². The summed E-state index contributed by atoms with van der Waals surface area (Å²) in [5.74, 6) is 13.4. The average molecular weight is 467 g/mol. The van der Waals surface area contributed by atoms with Gasteiger partial charge in [0.2, 0.25) is 0 Å². The third kappa shape index (κ3) is 5.10. The number of unbranched alkanes of at least 4 members (excludes halogenated alkanes) is 6. The lowest BCUT2D eigenvalue weighted by molar-refractivity contribution is 0.737. The minimum atomic E-state index is 0.983. The molecule has 0 atom stereocenters. The molecule has 0 radical (unpaired) electrons. The molecule has 0 aromatic heterocycles. The Morgan fingerprint density at radius 3 is 1.28 bits per heavy atom. The molecular weight excluding hydrogens is 432 g/mol. The molecule has 0 aliphatic carbocycles. The predicted molar refractivity (Wildman–Crippen MR) is 159 cm³/mol. The van der Waals surface area contributed by atoms with Gasteiger partial charge in [-0.2, -0.15) is 0 Å². The van der Waals surface area contributed by atoms with Crippen molar-refractivity contribution in [3.05, 3.63) is 83.9 Å². The summed E-state index contributed by atoms with van der Waals surface area (Å²) >= 11 is 0. The lowest BCUT2D eigenvalue weighted by Gasteiger charge is -2.10. The van der Waals surface area contributed by atoms with Gasteiger partial charge in [-0.3, -0.25) is 0 Å². The Bertz CT molecular complexity index is 1530. The van der Waals surface area contributed by atoms with Gasteiger partial charge in [0.1, 0.15) is 0 Å². The summed E-state index contributed by atoms with van der Waals surface area (Å²) in [4.78, 5) is 0. The van der Waals surface area contributed by atoms with Crippen molar-refractivity contribution >= 4 is 43.1 Å². The number of hydrogen-bond donors (Lipinski definition) is 0. The van der Waals surface area contributed by atoms with E-state index in [1.54, 1.807) is 0 Å². The quantitative estimate of drug-likeness (QED) is 0.133. The molecule has 5 rings (SSSR count). The van der Waals surface area contributed by atoms with Crippen LogP contribution in [0, 0.1) is 23.7 Å². The number of rotatable bonds is 6. The van der Waals surface area contributed by atoms with Gasteiger partial charge in [-0.05, 0) is 80.2 Å². The zero-order valence-corrected chi connectivity index (χ0v) is 21.6. The highest BCUT2D eigenvalue weighted by Gasteiger charge is 2.08. The molecular formula is C36H34. The minimum Gasteiger partial charge on any atom is -0.0979 e. The second-order valence-electron chi connectivity index (χ2n) is 9.78. The first kappa shape index (κ1) is 24.0. The maximum atomic E-state index is 3.36. The van der Waals surface area contributed by atoms with Gasteiger partial charge in [-0.1, -0.05) is 112 Å². The Morgan fingerprint density at radius 1 is 0.444 bits per heavy atom. The highest BCUT2D eigenvalue weighted by molar-refractivity contribution is 6.22. The molecule has 178 valence electrons. The number of fused-ring (bicyclic) bond motifs is 7. The van der Waals surface area contributed by atoms with Gasteiger partial charge in [0.15, 0.2) is 0 Å². The van der Waals surface area contributed by atoms with E-state index in [0.717, 1.165) is 24.0 Å². The van der Waals surface area contributed by atoms with Gasteiger partial charge in [0.05, 0.1) is 0 Å². The standard InChI is InChI=1S/C36H34/c1-3-5-7-9-11-13-27-15-19-31-29(25-27)17-21-35-33(31)23-24-34-32-20-16-28(14-12-10-8-6-4-2)26-30(32)18-22-36(34)35/h15-26H,3-10H2,1-2H3. The molecule has 0 nitrogen and oxygen atoms in total. The topological polar surface area (TPSA) is 0 Å². The smallest absolute Gasteiger partial charge is 0.0251 e. The van der Waals surface area contributed by atoms with Gasteiger partial charge in [-0.25, -0.2) is 0 Å². The van der Waals surface area contributed by atoms with E-state index >= 15 is 0 Å². The Hall–Kier alpha value is -3.74. The van der Waals surface area contributed by atoms with Crippen LogP contribution in [0.5, 0.6) is 0 Å². The fourth-order valence-corrected chi connectivity index (χ4v) is 5.11. The van der Waals surface area contributed by atoms with Crippen molar-refractivity contribution in [3.63, 3.8) is 0 Å². The van der Waals surface area contributed by atoms with Crippen LogP contribution < -0.4 is 0 Å². The molecule has 0 aliphatic rings. The van der Waals surface area contributed by atoms with Crippen molar-refractivity contribution in [2.75, 3.05) is 0 Å². The van der Waals surface area contributed by atoms with Crippen LogP contribution >= 0.6 is 0 Å². The molecule has 5 aromatic carbocycles. The van der Waals surface area contributed by atoms with E-state index < -0.39 is 0 Å². The summed E-state index contributed by atoms with van der Waals surface area (Å²) < 4.78 is 0. The summed E-state index contributed by atoms with van der Waals surface area (Å²) in [5, 5.41) is 10.3. The highest BCUT2D eigenvalue weighted by atomic mass is 14.1. The van der Waals surface area contributed by atoms with Crippen LogP contribution in [0.1, 0.15) is 76.3 Å². The van der Waals surface area contributed by atoms with Crippen LogP contribution in [0.2, 0.25) is 0 Å². The molecule has 0 fully saturated rings. The van der Waals surface area contributed by atoms with E-state index in [1.165, 1.54) is 81.6 Å². The molecule has 0 unspecified atom stereocenters. The second kappa shape index (κ2) is 11.3. The average Bonchev–Trinajstić information content (AvgIpc) is 2.92. The number of benzene rings is 5. The first-order valence-corrected chi connectivity index (χ1v) is 13.6. The SMILES string of the molecule is CCCCCC#Cc1ccc2c(ccc3c2ccc2c4ccc(C#CCCCCC)cc4ccc23)c1. The molecule has 36 heavy (non-hydrogen) atoms. The van der Waals surface area contributed by atoms with Crippen LogP contribution in [0.25, 0.3) is 43.1 Å². The molecule has 0 N–H and O–H groups in total. The summed E-state index contributed by atoms with van der Waals surface area (Å²) in [6.45, 7) is 4.46. The largest absolute Gasteiger partial charge is 0.0979 e. The second-order valence-corrected chi connectivity index (χ2v) is 9.78. The van der Waals surface area contributed by atoms with E-state index in [0.29, 0.717) is 0 Å². The summed E-state index contributed by atoms with van der Waals surface area (Å²) in [5.41, 5.74) is 2.21. The summed E-state index contributed by atoms with van der Waals surface area (Å²) in [6.07, 6.45) is 9.35. The molecule has 0 bridgehead atoms. The van der Waals surface area contributed by atoms with Crippen LogP contribution in [-0.2, 0) is 0 Å². The Labute approximate surface area is 215 Å². The van der Waals surface area contributed by atoms with E-state index in [9.17, 15) is 0 Å². The van der Waals surface area contributed by atoms with E-state index in [4.69, 9.17) is 0 Å². The normalized spacial score (nSPS) is 10.9. The van der Waals surface area contributed by atoms with E-state index in [2.05, 4.69) is 110 Å². The Balaban J connectivity index is 1.49. The van der Waals surface area contributed by atoms with Crippen molar-refractivity contribution in [1.82, 2.24) is 0 Å². The van der Waals surface area contributed by atoms with Crippen molar-refractivity contribution < 1.29 is 0 Å². The van der Waals surface area contributed by atoms with Gasteiger partial charge in [-0.15, -0.1) is 0 Å². The van der Waals surface area contributed by atoms with Crippen LogP contribution in [0.3, 0.4) is 0 Å². The highest BCUT2D eigenvalue weighted by Crippen LogP contribution is 2.35. The van der Waals surface area contributed by atoms with Crippen molar-refractivity contribution in [2.45, 2.75) is 65.2 Å². The van der Waals surface area contributed by atoms with Crippen LogP contribution in [-0.4, -0.2) is 0 Å². The monoisotopic (exact) mass is 466 g/mol. The molecule has 0 aliphatic heterocycles. The fraction of sp³-hybridized carbons (Fsp3) is 0.278. The molecule has 0 saturated carbocycles. The molecule has 0 heterocycles. The molecule has 5 aromatic rings. The van der Waals surface area contributed by atoms with Crippen LogP contribution in [0.15, 0.2) is 72.8 Å². The zero-order chi connectivity index (χ0) is 24.7. The zero-order valence-electron chi connectivity index (χ0n) is 21.6. The van der Waals surface area contributed by atoms with Gasteiger partial charge >= 0.3 is 0 Å². The lowest BCUT2D eigenvalue weighted by atomic mass is 9.93. The third-order valence-corrected chi connectivity index (χ3v) is 7.11. The Morgan fingerprint density at radius 2 is 0.833 bits per heavy atom. The maximum absolute atomic E-state index is 3.36. The first-order valence-electron chi connectivity index (χ1n) is 13.6. The van der Waals surface area contributed by atoms with Crippen LogP contribution in [0.4, 0.5) is 0 Å². The van der Waals surface area contributed by atoms with Crippen molar-refractivity contribution in [2.24, 2.45) is 0 Å². The minimum absolute atomic E-state index is 0.983. The molecule has 0 saturated heterocycles. The van der Waals surface area contributed by atoms with Crippen molar-refractivity contribution in [3.8, 4) is 23.7 Å². The molecule has 0 heteroatoms. The maximum Gasteiger partial charge on any atom is 0.0251 e. The summed E-state index contributed by atoms with van der Waals surface area (Å²) in [6, 6.07) is 26.9. The predicted octanol–water partition coefficient (Wildman–Crippen LogP) is 10.2. The van der Waals surface area contributed by atoms with Crippen molar-refractivity contribution in [1.29, 1.82) is 0 Å². The third-order valence-electron chi connectivity index (χ3n) is 7.11. The molecule has 0 amide bonds. The fourth-order valence-electron chi connectivity index (χ4n) is 5.11. The van der Waals surface area contributed by atoms with E-state index in [-0.39, 0.29) is 0 Å². The first-order chi connectivity index (χ1) is 17.8. The lowest BCUT2D eigenvalue weighted by Crippen LogP contribution is -1.85.